The van der Waals surface area contributed by atoms with Gasteiger partial charge in [0.05, 0.1) is 27.9 Å². The van der Waals surface area contributed by atoms with Gasteiger partial charge in [-0.1, -0.05) is 24.3 Å². The lowest BCUT2D eigenvalue weighted by molar-refractivity contribution is -0.137. The maximum Gasteiger partial charge on any atom is 0.305 e. The summed E-state index contributed by atoms with van der Waals surface area (Å²) >= 11 is 1.22. The Morgan fingerprint density at radius 2 is 1.82 bits per heavy atom. The number of benzene rings is 2. The van der Waals surface area contributed by atoms with Crippen LogP contribution >= 0.6 is 11.3 Å². The van der Waals surface area contributed by atoms with Crippen molar-refractivity contribution < 1.29 is 23.1 Å². The van der Waals surface area contributed by atoms with Gasteiger partial charge in [-0.2, -0.15) is 0 Å². The number of carbonyl (C=O) groups excluding carboxylic acids is 1. The fourth-order valence-corrected chi connectivity index (χ4v) is 4.68. The van der Waals surface area contributed by atoms with E-state index in [2.05, 4.69) is 15.0 Å². The highest BCUT2D eigenvalue weighted by atomic mass is 32.2. The van der Waals surface area contributed by atoms with E-state index in [1.807, 2.05) is 0 Å². The van der Waals surface area contributed by atoms with Gasteiger partial charge in [-0.3, -0.25) is 14.3 Å². The fourth-order valence-electron chi connectivity index (χ4n) is 2.97. The average Bonchev–Trinajstić information content (AvgIpc) is 3.28. The minimum absolute atomic E-state index is 0.0662. The number of carboxylic acid groups (broad SMARTS) is 1. The van der Waals surface area contributed by atoms with Gasteiger partial charge in [0.2, 0.25) is 0 Å². The minimum Gasteiger partial charge on any atom is -0.481 e. The lowest BCUT2D eigenvalue weighted by Gasteiger charge is -2.18. The second-order valence-electron chi connectivity index (χ2n) is 6.87. The number of nitrogens with two attached hydrogens (primary N) is 2. The van der Waals surface area contributed by atoms with Crippen molar-refractivity contribution in [3.05, 3.63) is 76.5 Å². The highest BCUT2D eigenvalue weighted by Gasteiger charge is 2.21. The number of aliphatic carboxylic acids is 1. The molecule has 0 aliphatic carbocycles. The first kappa shape index (κ1) is 23.8. The number of thiophene rings is 1. The van der Waals surface area contributed by atoms with E-state index in [0.717, 1.165) is 0 Å². The summed E-state index contributed by atoms with van der Waals surface area (Å²) in [7, 11) is -4.00. The predicted molar refractivity (Wildman–Crippen MR) is 126 cm³/mol. The zero-order valence-corrected chi connectivity index (χ0v) is 18.8. The van der Waals surface area contributed by atoms with Crippen LogP contribution in [0.25, 0.3) is 0 Å². The number of guanidine groups is 1. The summed E-state index contributed by atoms with van der Waals surface area (Å²) in [5.41, 5.74) is 11.6. The molecule has 1 aromatic heterocycles. The van der Waals surface area contributed by atoms with Crippen LogP contribution in [0, 0.1) is 0 Å². The highest BCUT2D eigenvalue weighted by Crippen LogP contribution is 2.25. The number of rotatable bonds is 9. The first-order valence-corrected chi connectivity index (χ1v) is 11.9. The molecule has 33 heavy (non-hydrogen) atoms. The van der Waals surface area contributed by atoms with Gasteiger partial charge >= 0.3 is 5.97 Å². The number of aliphatic imine (C=N–C) groups is 1. The summed E-state index contributed by atoms with van der Waals surface area (Å²) in [5.74, 6) is -1.74. The maximum absolute atomic E-state index is 12.8. The van der Waals surface area contributed by atoms with E-state index in [9.17, 15) is 23.1 Å². The van der Waals surface area contributed by atoms with Crippen LogP contribution in [-0.4, -0.2) is 31.4 Å². The topological polar surface area (TPSA) is 177 Å². The lowest BCUT2D eigenvalue weighted by Crippen LogP contribution is -2.29. The molecule has 7 N–H and O–H groups in total. The number of carbonyl (C=O) groups is 2. The van der Waals surface area contributed by atoms with Crippen LogP contribution in [-0.2, 0) is 14.8 Å². The molecule has 0 aliphatic heterocycles. The maximum atomic E-state index is 12.8. The van der Waals surface area contributed by atoms with Gasteiger partial charge < -0.3 is 21.9 Å². The molecular weight excluding hydrogens is 466 g/mol. The van der Waals surface area contributed by atoms with Crippen molar-refractivity contribution in [3.8, 4) is 0 Å². The van der Waals surface area contributed by atoms with Crippen LogP contribution in [0.5, 0.6) is 0 Å². The van der Waals surface area contributed by atoms with E-state index in [1.54, 1.807) is 35.7 Å². The number of carboxylic acids is 1. The van der Waals surface area contributed by atoms with Crippen molar-refractivity contribution in [1.29, 1.82) is 0 Å². The molecule has 1 unspecified atom stereocenters. The molecular formula is C21H21N5O5S2. The van der Waals surface area contributed by atoms with E-state index in [-0.39, 0.29) is 28.7 Å². The monoisotopic (exact) mass is 487 g/mol. The van der Waals surface area contributed by atoms with Crippen LogP contribution < -0.4 is 21.5 Å². The van der Waals surface area contributed by atoms with Crippen molar-refractivity contribution in [2.45, 2.75) is 17.4 Å². The van der Waals surface area contributed by atoms with Crippen molar-refractivity contribution >= 4 is 50.6 Å². The molecule has 0 fully saturated rings. The largest absolute Gasteiger partial charge is 0.481 e. The quantitative estimate of drug-likeness (QED) is 0.227. The molecule has 1 heterocycles. The van der Waals surface area contributed by atoms with Gasteiger partial charge in [0.15, 0.2) is 5.96 Å². The lowest BCUT2D eigenvalue weighted by atomic mass is 10.0. The summed E-state index contributed by atoms with van der Waals surface area (Å²) in [5, 5.41) is 13.7. The summed E-state index contributed by atoms with van der Waals surface area (Å²) in [6, 6.07) is 14.4. The standard InChI is InChI=1S/C21H21N5O5S2/c22-21(23)24-14-5-2-7-16(11-14)33(30,31)26-15-6-1-4-13(10-15)17(12-19(27)28)25-20(29)18-8-3-9-32-18/h1-11,17,26H,12H2,(H,25,29)(H,27,28)(H4,22,23,24). The zero-order chi connectivity index (χ0) is 24.0. The normalized spacial score (nSPS) is 11.9. The molecule has 0 aliphatic rings. The second kappa shape index (κ2) is 10.1. The van der Waals surface area contributed by atoms with Crippen LogP contribution in [0.2, 0.25) is 0 Å². The first-order valence-electron chi connectivity index (χ1n) is 9.53. The third-order valence-electron chi connectivity index (χ3n) is 4.36. The van der Waals surface area contributed by atoms with E-state index in [0.29, 0.717) is 10.4 Å². The number of nitrogens with one attached hydrogen (secondary N) is 2. The van der Waals surface area contributed by atoms with E-state index < -0.39 is 27.9 Å². The molecule has 1 amide bonds. The van der Waals surface area contributed by atoms with Crippen molar-refractivity contribution in [2.75, 3.05) is 4.72 Å². The van der Waals surface area contributed by atoms with Gasteiger partial charge in [-0.15, -0.1) is 11.3 Å². The van der Waals surface area contributed by atoms with Gasteiger partial charge in [0.1, 0.15) is 0 Å². The molecule has 0 spiro atoms. The third kappa shape index (κ3) is 6.54. The van der Waals surface area contributed by atoms with Gasteiger partial charge in [-0.25, -0.2) is 13.4 Å². The predicted octanol–water partition coefficient (Wildman–Crippen LogP) is 2.40. The molecule has 3 rings (SSSR count). The number of hydrogen-bond donors (Lipinski definition) is 5. The van der Waals surface area contributed by atoms with E-state index in [4.69, 9.17) is 11.5 Å². The van der Waals surface area contributed by atoms with Crippen molar-refractivity contribution in [2.24, 2.45) is 16.5 Å². The Hall–Kier alpha value is -3.90. The number of anilines is 1. The summed E-state index contributed by atoms with van der Waals surface area (Å²) in [4.78, 5) is 28.0. The molecule has 0 saturated heterocycles. The van der Waals surface area contributed by atoms with Crippen LogP contribution in [0.4, 0.5) is 11.4 Å². The molecule has 2 aromatic carbocycles. The molecule has 0 radical (unpaired) electrons. The molecule has 0 saturated carbocycles. The van der Waals surface area contributed by atoms with Crippen LogP contribution in [0.3, 0.4) is 0 Å². The molecule has 10 nitrogen and oxygen atoms in total. The number of nitrogens with zero attached hydrogens (tertiary/aromatic N) is 1. The van der Waals surface area contributed by atoms with E-state index in [1.165, 1.54) is 41.7 Å². The van der Waals surface area contributed by atoms with Crippen molar-refractivity contribution in [3.63, 3.8) is 0 Å². The Morgan fingerprint density at radius 1 is 1.06 bits per heavy atom. The summed E-state index contributed by atoms with van der Waals surface area (Å²) in [6.45, 7) is 0. The Balaban J connectivity index is 1.85. The van der Waals surface area contributed by atoms with E-state index >= 15 is 0 Å². The Labute approximate surface area is 194 Å². The van der Waals surface area contributed by atoms with Crippen LogP contribution in [0.15, 0.2) is 75.9 Å². The molecule has 0 bridgehead atoms. The summed E-state index contributed by atoms with van der Waals surface area (Å²) < 4.78 is 28.1. The molecule has 1 atom stereocenters. The SMILES string of the molecule is NC(N)=Nc1cccc(S(=O)(=O)Nc2cccc(C(CC(=O)O)NC(=O)c3cccs3)c2)c1. The van der Waals surface area contributed by atoms with Gasteiger partial charge in [-0.05, 0) is 47.3 Å². The zero-order valence-electron chi connectivity index (χ0n) is 17.1. The Kier molecular flexibility index (Phi) is 7.30. The van der Waals surface area contributed by atoms with Gasteiger partial charge in [0.25, 0.3) is 15.9 Å². The number of sulfonamides is 1. The Bertz CT molecular complexity index is 1290. The molecule has 3 aromatic rings. The molecule has 12 heteroatoms. The third-order valence-corrected chi connectivity index (χ3v) is 6.60. The Morgan fingerprint density at radius 3 is 2.48 bits per heavy atom. The van der Waals surface area contributed by atoms with Crippen molar-refractivity contribution in [1.82, 2.24) is 5.32 Å². The summed E-state index contributed by atoms with van der Waals surface area (Å²) in [6.07, 6.45) is -0.381. The minimum atomic E-state index is -4.00. The second-order valence-corrected chi connectivity index (χ2v) is 9.50. The van der Waals surface area contributed by atoms with Crippen LogP contribution in [0.1, 0.15) is 27.7 Å². The number of amides is 1. The molecule has 172 valence electrons. The smallest absolute Gasteiger partial charge is 0.305 e. The fraction of sp³-hybridized carbons (Fsp3) is 0.0952. The average molecular weight is 488 g/mol. The highest BCUT2D eigenvalue weighted by molar-refractivity contribution is 7.92. The number of hydrogen-bond acceptors (Lipinski definition) is 6. The first-order chi connectivity index (χ1) is 15.6. The van der Waals surface area contributed by atoms with Gasteiger partial charge in [0, 0.05) is 5.69 Å².